The number of carbonyl (C=O) groups is 2. The van der Waals surface area contributed by atoms with Crippen molar-refractivity contribution < 1.29 is 19.8 Å². The molecule has 2 amide bonds. The minimum absolute atomic E-state index is 0.0435. The lowest BCUT2D eigenvalue weighted by Crippen LogP contribution is -2.50. The van der Waals surface area contributed by atoms with Gasteiger partial charge in [0.2, 0.25) is 0 Å². The van der Waals surface area contributed by atoms with Gasteiger partial charge in [0.05, 0.1) is 18.1 Å². The summed E-state index contributed by atoms with van der Waals surface area (Å²) in [6.45, 7) is 3.72. The minimum Gasteiger partial charge on any atom is -0.481 e. The van der Waals surface area contributed by atoms with Crippen LogP contribution in [0, 0.1) is 11.8 Å². The molecule has 0 aromatic rings. The normalized spacial score (nSPS) is 24.8. The van der Waals surface area contributed by atoms with E-state index in [4.69, 9.17) is 5.11 Å². The van der Waals surface area contributed by atoms with Gasteiger partial charge in [0.15, 0.2) is 0 Å². The Morgan fingerprint density at radius 1 is 1.26 bits per heavy atom. The molecule has 6 nitrogen and oxygen atoms in total. The topological polar surface area (TPSA) is 98.7 Å². The Bertz CT molecular complexity index is 320. The molecule has 4 N–H and O–H groups in total. The van der Waals surface area contributed by atoms with E-state index >= 15 is 0 Å². The Balaban J connectivity index is 2.36. The Labute approximate surface area is 113 Å². The predicted octanol–water partition coefficient (Wildman–Crippen LogP) is 0.946. The first-order chi connectivity index (χ1) is 8.91. The fourth-order valence-corrected chi connectivity index (χ4v) is 2.31. The number of carbonyl (C=O) groups excluding carboxylic acids is 1. The van der Waals surface area contributed by atoms with Crippen molar-refractivity contribution in [1.82, 2.24) is 10.6 Å². The summed E-state index contributed by atoms with van der Waals surface area (Å²) in [6.07, 6.45) is 2.94. The van der Waals surface area contributed by atoms with Crippen LogP contribution in [0.25, 0.3) is 0 Å². The highest BCUT2D eigenvalue weighted by Crippen LogP contribution is 2.18. The molecule has 3 atom stereocenters. The van der Waals surface area contributed by atoms with Crippen LogP contribution in [0.4, 0.5) is 4.79 Å². The largest absolute Gasteiger partial charge is 0.481 e. The maximum atomic E-state index is 11.7. The zero-order chi connectivity index (χ0) is 14.4. The van der Waals surface area contributed by atoms with Crippen molar-refractivity contribution >= 4 is 12.0 Å². The van der Waals surface area contributed by atoms with Gasteiger partial charge in [0.25, 0.3) is 0 Å². The number of aliphatic hydroxyl groups excluding tert-OH is 1. The quantitative estimate of drug-likeness (QED) is 0.598. The molecule has 1 saturated carbocycles. The maximum Gasteiger partial charge on any atom is 0.315 e. The van der Waals surface area contributed by atoms with Crippen LogP contribution in [-0.4, -0.2) is 40.9 Å². The molecule has 1 aliphatic carbocycles. The second-order valence-electron chi connectivity index (χ2n) is 5.50. The molecular weight excluding hydrogens is 248 g/mol. The van der Waals surface area contributed by atoms with E-state index in [1.165, 1.54) is 0 Å². The Kier molecular flexibility index (Phi) is 6.08. The van der Waals surface area contributed by atoms with Crippen LogP contribution in [0.1, 0.15) is 39.5 Å². The number of nitrogens with one attached hydrogen (secondary N) is 2. The van der Waals surface area contributed by atoms with E-state index < -0.39 is 24.0 Å². The summed E-state index contributed by atoms with van der Waals surface area (Å²) in [7, 11) is 0. The number of rotatable bonds is 5. The first kappa shape index (κ1) is 15.8. The number of carboxylic acids is 1. The van der Waals surface area contributed by atoms with Gasteiger partial charge in [-0.15, -0.1) is 0 Å². The molecule has 19 heavy (non-hydrogen) atoms. The summed E-state index contributed by atoms with van der Waals surface area (Å²) in [5.41, 5.74) is 0. The first-order valence-corrected chi connectivity index (χ1v) is 6.87. The monoisotopic (exact) mass is 272 g/mol. The summed E-state index contributed by atoms with van der Waals surface area (Å²) in [4.78, 5) is 22.7. The second-order valence-corrected chi connectivity index (χ2v) is 5.50. The van der Waals surface area contributed by atoms with Crippen LogP contribution in [0.3, 0.4) is 0 Å². The highest BCUT2D eigenvalue weighted by molar-refractivity contribution is 5.76. The van der Waals surface area contributed by atoms with Gasteiger partial charge < -0.3 is 20.8 Å². The van der Waals surface area contributed by atoms with E-state index in [0.29, 0.717) is 6.42 Å². The third kappa shape index (κ3) is 5.06. The molecule has 0 aromatic heterocycles. The van der Waals surface area contributed by atoms with E-state index in [-0.39, 0.29) is 18.5 Å². The summed E-state index contributed by atoms with van der Waals surface area (Å²) in [5, 5.41) is 24.0. The van der Waals surface area contributed by atoms with Gasteiger partial charge in [-0.3, -0.25) is 4.79 Å². The Morgan fingerprint density at radius 2 is 1.89 bits per heavy atom. The Hall–Kier alpha value is -1.30. The Morgan fingerprint density at radius 3 is 2.42 bits per heavy atom. The van der Waals surface area contributed by atoms with Gasteiger partial charge in [-0.05, 0) is 18.8 Å². The molecule has 0 bridgehead atoms. The van der Waals surface area contributed by atoms with Crippen LogP contribution in [0.2, 0.25) is 0 Å². The number of amides is 2. The molecule has 0 saturated heterocycles. The molecule has 1 aliphatic rings. The van der Waals surface area contributed by atoms with Crippen molar-refractivity contribution in [2.24, 2.45) is 11.8 Å². The SMILES string of the molecule is CC(C)C(CNC(=O)NC1CCCCC1O)C(=O)O. The minimum atomic E-state index is -0.909. The average molecular weight is 272 g/mol. The molecule has 1 rings (SSSR count). The van der Waals surface area contributed by atoms with Crippen molar-refractivity contribution in [3.05, 3.63) is 0 Å². The zero-order valence-corrected chi connectivity index (χ0v) is 11.6. The van der Waals surface area contributed by atoms with Gasteiger partial charge in [-0.25, -0.2) is 4.79 Å². The van der Waals surface area contributed by atoms with Crippen molar-refractivity contribution in [1.29, 1.82) is 0 Å². The summed E-state index contributed by atoms with van der Waals surface area (Å²) >= 11 is 0. The van der Waals surface area contributed by atoms with Crippen molar-refractivity contribution in [2.75, 3.05) is 6.54 Å². The number of aliphatic carboxylic acids is 1. The molecule has 0 aromatic carbocycles. The predicted molar refractivity (Wildman–Crippen MR) is 70.8 cm³/mol. The fraction of sp³-hybridized carbons (Fsp3) is 0.846. The van der Waals surface area contributed by atoms with Gasteiger partial charge in [-0.1, -0.05) is 26.7 Å². The summed E-state index contributed by atoms with van der Waals surface area (Å²) < 4.78 is 0. The van der Waals surface area contributed by atoms with Gasteiger partial charge >= 0.3 is 12.0 Å². The number of aliphatic hydroxyl groups is 1. The van der Waals surface area contributed by atoms with Crippen LogP contribution in [0.5, 0.6) is 0 Å². The van der Waals surface area contributed by atoms with E-state index in [1.54, 1.807) is 0 Å². The van der Waals surface area contributed by atoms with Crippen LogP contribution in [0.15, 0.2) is 0 Å². The number of carboxylic acid groups (broad SMARTS) is 1. The van der Waals surface area contributed by atoms with Crippen molar-refractivity contribution in [2.45, 2.75) is 51.7 Å². The smallest absolute Gasteiger partial charge is 0.315 e. The van der Waals surface area contributed by atoms with Crippen LogP contribution < -0.4 is 10.6 Å². The molecule has 0 aliphatic heterocycles. The van der Waals surface area contributed by atoms with Gasteiger partial charge in [0.1, 0.15) is 0 Å². The second kappa shape index (κ2) is 7.33. The third-order valence-corrected chi connectivity index (χ3v) is 3.65. The molecule has 1 fully saturated rings. The van der Waals surface area contributed by atoms with Crippen molar-refractivity contribution in [3.63, 3.8) is 0 Å². The molecular formula is C13H24N2O4. The lowest BCUT2D eigenvalue weighted by molar-refractivity contribution is -0.142. The zero-order valence-electron chi connectivity index (χ0n) is 11.6. The number of hydrogen-bond donors (Lipinski definition) is 4. The summed E-state index contributed by atoms with van der Waals surface area (Å²) in [5.74, 6) is -1.55. The third-order valence-electron chi connectivity index (χ3n) is 3.65. The molecule has 6 heteroatoms. The molecule has 0 heterocycles. The van der Waals surface area contributed by atoms with Crippen molar-refractivity contribution in [3.8, 4) is 0 Å². The molecule has 3 unspecified atom stereocenters. The van der Waals surface area contributed by atoms with E-state index in [1.807, 2.05) is 13.8 Å². The number of urea groups is 1. The van der Waals surface area contributed by atoms with Gasteiger partial charge in [0, 0.05) is 6.54 Å². The van der Waals surface area contributed by atoms with Crippen LogP contribution in [-0.2, 0) is 4.79 Å². The van der Waals surface area contributed by atoms with Gasteiger partial charge in [-0.2, -0.15) is 0 Å². The highest BCUT2D eigenvalue weighted by Gasteiger charge is 2.26. The number of hydrogen-bond acceptors (Lipinski definition) is 3. The highest BCUT2D eigenvalue weighted by atomic mass is 16.4. The molecule has 0 radical (unpaired) electrons. The van der Waals surface area contributed by atoms with Crippen LogP contribution >= 0.6 is 0 Å². The molecule has 0 spiro atoms. The summed E-state index contributed by atoms with van der Waals surface area (Å²) in [6, 6.07) is -0.631. The van der Waals surface area contributed by atoms with E-state index in [9.17, 15) is 14.7 Å². The lowest BCUT2D eigenvalue weighted by Gasteiger charge is -2.28. The average Bonchev–Trinajstić information content (AvgIpc) is 2.31. The van der Waals surface area contributed by atoms with E-state index in [2.05, 4.69) is 10.6 Å². The standard InChI is InChI=1S/C13H24N2O4/c1-8(2)9(12(17)18)7-14-13(19)15-10-5-3-4-6-11(10)16/h8-11,16H,3-7H2,1-2H3,(H,17,18)(H2,14,15,19). The molecule has 110 valence electrons. The fourth-order valence-electron chi connectivity index (χ4n) is 2.31. The first-order valence-electron chi connectivity index (χ1n) is 6.87. The maximum absolute atomic E-state index is 11.7. The lowest BCUT2D eigenvalue weighted by atomic mass is 9.93. The van der Waals surface area contributed by atoms with E-state index in [0.717, 1.165) is 19.3 Å².